The third-order valence-corrected chi connectivity index (χ3v) is 5.95. The molecule has 3 unspecified atom stereocenters. The number of benzene rings is 1. The van der Waals surface area contributed by atoms with Gasteiger partial charge in [-0.15, -0.1) is 24.0 Å². The van der Waals surface area contributed by atoms with Gasteiger partial charge in [0.25, 0.3) is 0 Å². The van der Waals surface area contributed by atoms with E-state index in [1.54, 1.807) is 0 Å². The molecule has 1 amide bonds. The minimum Gasteiger partial charge on any atom is -0.444 e. The Morgan fingerprint density at radius 3 is 2.77 bits per heavy atom. The number of nitrogens with zero attached hydrogens (tertiary/aromatic N) is 3. The van der Waals surface area contributed by atoms with E-state index < -0.39 is 5.60 Å². The zero-order valence-corrected chi connectivity index (χ0v) is 21.1. The van der Waals surface area contributed by atoms with Crippen LogP contribution in [0.4, 0.5) is 4.79 Å². The highest BCUT2D eigenvalue weighted by molar-refractivity contribution is 14.0. The first-order chi connectivity index (χ1) is 14.4. The molecule has 31 heavy (non-hydrogen) atoms. The van der Waals surface area contributed by atoms with E-state index in [0.717, 1.165) is 38.5 Å². The fraction of sp³-hybridized carbons (Fsp3) is 0.652. The zero-order chi connectivity index (χ0) is 21.1. The molecule has 1 aromatic carbocycles. The number of fused-ring (bicyclic) bond motifs is 1. The van der Waals surface area contributed by atoms with Crippen LogP contribution >= 0.6 is 24.0 Å². The summed E-state index contributed by atoms with van der Waals surface area (Å²) in [6, 6.07) is 10.7. The van der Waals surface area contributed by atoms with E-state index in [9.17, 15) is 4.79 Å². The standard InChI is InChI=1S/C23H34N4O3.HI/c1-23(2,3)30-22(28)26-11-12-27-19(16-26)15-25-21(27)24-14-18-10-7-13-29-20(18)17-8-5-4-6-9-17;/h4-6,8-9,18-20H,7,10-16H2,1-3H3,(H,24,25);1H. The molecule has 0 bridgehead atoms. The number of guanidine groups is 1. The molecule has 172 valence electrons. The summed E-state index contributed by atoms with van der Waals surface area (Å²) >= 11 is 0. The number of hydrogen-bond acceptors (Lipinski definition) is 6. The summed E-state index contributed by atoms with van der Waals surface area (Å²) < 4.78 is 11.7. The SMILES string of the molecule is CC(C)(C)OC(=O)N1CCN2C(NCC3CCCOC3c3ccccc3)=NCC2C1.I. The molecule has 0 saturated carbocycles. The van der Waals surface area contributed by atoms with E-state index in [4.69, 9.17) is 14.5 Å². The molecule has 3 heterocycles. The van der Waals surface area contributed by atoms with E-state index in [2.05, 4.69) is 34.5 Å². The molecule has 2 saturated heterocycles. The molecule has 7 nitrogen and oxygen atoms in total. The van der Waals surface area contributed by atoms with Crippen LogP contribution in [0.3, 0.4) is 0 Å². The van der Waals surface area contributed by atoms with Crippen molar-refractivity contribution in [2.24, 2.45) is 10.9 Å². The maximum absolute atomic E-state index is 12.4. The lowest BCUT2D eigenvalue weighted by molar-refractivity contribution is -0.0267. The number of rotatable bonds is 3. The van der Waals surface area contributed by atoms with Crippen molar-refractivity contribution in [1.29, 1.82) is 0 Å². The Kier molecular flexibility index (Phi) is 8.07. The van der Waals surface area contributed by atoms with E-state index >= 15 is 0 Å². The molecular formula is C23H35IN4O3. The fourth-order valence-electron chi connectivity index (χ4n) is 4.51. The minimum atomic E-state index is -0.468. The lowest BCUT2D eigenvalue weighted by atomic mass is 9.89. The fourth-order valence-corrected chi connectivity index (χ4v) is 4.51. The number of carbonyl (C=O) groups is 1. The van der Waals surface area contributed by atoms with Crippen LogP contribution in [0.2, 0.25) is 0 Å². The lowest BCUT2D eigenvalue weighted by Gasteiger charge is -2.39. The number of ether oxygens (including phenoxy) is 2. The summed E-state index contributed by atoms with van der Waals surface area (Å²) in [5.74, 6) is 1.38. The van der Waals surface area contributed by atoms with Crippen molar-refractivity contribution in [2.75, 3.05) is 39.3 Å². The Bertz CT molecular complexity index is 768. The molecule has 0 aliphatic carbocycles. The summed E-state index contributed by atoms with van der Waals surface area (Å²) in [5.41, 5.74) is 0.783. The van der Waals surface area contributed by atoms with Crippen molar-refractivity contribution in [3.63, 3.8) is 0 Å². The summed E-state index contributed by atoms with van der Waals surface area (Å²) in [6.45, 7) is 10.2. The Labute approximate surface area is 202 Å². The van der Waals surface area contributed by atoms with Gasteiger partial charge in [0.15, 0.2) is 5.96 Å². The van der Waals surface area contributed by atoms with E-state index in [0.29, 0.717) is 25.6 Å². The van der Waals surface area contributed by atoms with Crippen molar-refractivity contribution >= 4 is 36.0 Å². The molecule has 3 aliphatic rings. The van der Waals surface area contributed by atoms with Gasteiger partial charge in [-0.1, -0.05) is 30.3 Å². The Hall–Kier alpha value is -1.55. The molecule has 1 aromatic rings. The minimum absolute atomic E-state index is 0. The average Bonchev–Trinajstić information content (AvgIpc) is 3.14. The highest BCUT2D eigenvalue weighted by Gasteiger charge is 2.37. The van der Waals surface area contributed by atoms with Crippen molar-refractivity contribution in [1.82, 2.24) is 15.1 Å². The van der Waals surface area contributed by atoms with Crippen LogP contribution in [0.5, 0.6) is 0 Å². The lowest BCUT2D eigenvalue weighted by Crippen LogP contribution is -2.58. The van der Waals surface area contributed by atoms with Gasteiger partial charge in [-0.05, 0) is 39.2 Å². The van der Waals surface area contributed by atoms with Gasteiger partial charge < -0.3 is 24.6 Å². The highest BCUT2D eigenvalue weighted by atomic mass is 127. The Balaban J connectivity index is 0.00000272. The van der Waals surface area contributed by atoms with Crippen LogP contribution in [0, 0.1) is 5.92 Å². The molecular weight excluding hydrogens is 507 g/mol. The second-order valence-electron chi connectivity index (χ2n) is 9.42. The van der Waals surface area contributed by atoms with Gasteiger partial charge in [0, 0.05) is 38.7 Å². The second-order valence-corrected chi connectivity index (χ2v) is 9.42. The third kappa shape index (κ3) is 6.03. The number of nitrogens with one attached hydrogen (secondary N) is 1. The normalized spacial score (nSPS) is 25.9. The topological polar surface area (TPSA) is 66.4 Å². The summed E-state index contributed by atoms with van der Waals surface area (Å²) in [5, 5.41) is 3.59. The highest BCUT2D eigenvalue weighted by Crippen LogP contribution is 2.33. The van der Waals surface area contributed by atoms with Gasteiger partial charge in [0.05, 0.1) is 18.7 Å². The first-order valence-corrected chi connectivity index (χ1v) is 11.1. The smallest absolute Gasteiger partial charge is 0.410 e. The first-order valence-electron chi connectivity index (χ1n) is 11.1. The predicted molar refractivity (Wildman–Crippen MR) is 132 cm³/mol. The van der Waals surface area contributed by atoms with Crippen molar-refractivity contribution < 1.29 is 14.3 Å². The average molecular weight is 542 g/mol. The van der Waals surface area contributed by atoms with Crippen molar-refractivity contribution in [3.05, 3.63) is 35.9 Å². The molecule has 1 N–H and O–H groups in total. The number of aliphatic imine (C=N–C) groups is 1. The monoisotopic (exact) mass is 542 g/mol. The van der Waals surface area contributed by atoms with Crippen molar-refractivity contribution in [3.8, 4) is 0 Å². The van der Waals surface area contributed by atoms with Crippen LogP contribution in [-0.4, -0.2) is 72.8 Å². The van der Waals surface area contributed by atoms with Gasteiger partial charge >= 0.3 is 6.09 Å². The number of amides is 1. The van der Waals surface area contributed by atoms with Crippen LogP contribution in [0.15, 0.2) is 35.3 Å². The van der Waals surface area contributed by atoms with Gasteiger partial charge in [-0.3, -0.25) is 4.99 Å². The summed E-state index contributed by atoms with van der Waals surface area (Å²) in [7, 11) is 0. The largest absolute Gasteiger partial charge is 0.444 e. The van der Waals surface area contributed by atoms with Gasteiger partial charge in [0.1, 0.15) is 5.60 Å². The summed E-state index contributed by atoms with van der Waals surface area (Å²) in [4.78, 5) is 21.3. The van der Waals surface area contributed by atoms with Crippen LogP contribution in [0.1, 0.15) is 45.3 Å². The van der Waals surface area contributed by atoms with Crippen LogP contribution in [0.25, 0.3) is 0 Å². The van der Waals surface area contributed by atoms with Gasteiger partial charge in [-0.25, -0.2) is 4.79 Å². The molecule has 4 rings (SSSR count). The molecule has 3 atom stereocenters. The number of piperazine rings is 1. The molecule has 8 heteroatoms. The molecule has 2 fully saturated rings. The van der Waals surface area contributed by atoms with E-state index in [1.165, 1.54) is 5.56 Å². The molecule has 0 aromatic heterocycles. The maximum Gasteiger partial charge on any atom is 0.410 e. The summed E-state index contributed by atoms with van der Waals surface area (Å²) in [6.07, 6.45) is 2.15. The second kappa shape index (κ2) is 10.4. The first kappa shape index (κ1) is 24.1. The van der Waals surface area contributed by atoms with Gasteiger partial charge in [0.2, 0.25) is 0 Å². The Morgan fingerprint density at radius 2 is 2.03 bits per heavy atom. The maximum atomic E-state index is 12.4. The number of hydrogen-bond donors (Lipinski definition) is 1. The zero-order valence-electron chi connectivity index (χ0n) is 18.8. The Morgan fingerprint density at radius 1 is 1.26 bits per heavy atom. The third-order valence-electron chi connectivity index (χ3n) is 5.95. The predicted octanol–water partition coefficient (Wildman–Crippen LogP) is 3.65. The molecule has 0 radical (unpaired) electrons. The van der Waals surface area contributed by atoms with Crippen LogP contribution in [-0.2, 0) is 9.47 Å². The van der Waals surface area contributed by atoms with Gasteiger partial charge in [-0.2, -0.15) is 0 Å². The van der Waals surface area contributed by atoms with E-state index in [1.807, 2.05) is 31.7 Å². The van der Waals surface area contributed by atoms with E-state index in [-0.39, 0.29) is 42.2 Å². The number of carbonyl (C=O) groups excluding carboxylic acids is 1. The quantitative estimate of drug-likeness (QED) is 0.591. The molecule has 3 aliphatic heterocycles. The van der Waals surface area contributed by atoms with Crippen LogP contribution < -0.4 is 5.32 Å². The number of halogens is 1. The van der Waals surface area contributed by atoms with Crippen molar-refractivity contribution in [2.45, 2.75) is 51.4 Å². The molecule has 0 spiro atoms.